The fraction of sp³-hybridized carbons (Fsp3) is 0.250. The van der Waals surface area contributed by atoms with Gasteiger partial charge < -0.3 is 5.73 Å². The molecular formula is C16H18N4. The zero-order valence-corrected chi connectivity index (χ0v) is 11.4. The maximum Gasteiger partial charge on any atom is 0.0635 e. The van der Waals surface area contributed by atoms with Crippen LogP contribution in [0.15, 0.2) is 48.8 Å². The van der Waals surface area contributed by atoms with Crippen molar-refractivity contribution in [1.29, 1.82) is 5.26 Å². The Hall–Kier alpha value is -2.38. The van der Waals surface area contributed by atoms with Gasteiger partial charge in [0.15, 0.2) is 0 Å². The van der Waals surface area contributed by atoms with Gasteiger partial charge in [-0.05, 0) is 29.3 Å². The van der Waals surface area contributed by atoms with Gasteiger partial charge in [-0.15, -0.1) is 0 Å². The van der Waals surface area contributed by atoms with Gasteiger partial charge in [0.1, 0.15) is 0 Å². The van der Waals surface area contributed by atoms with Crippen LogP contribution in [0, 0.1) is 11.3 Å². The second-order valence-corrected chi connectivity index (χ2v) is 4.72. The van der Waals surface area contributed by atoms with E-state index in [9.17, 15) is 0 Å². The number of nitriles is 1. The van der Waals surface area contributed by atoms with Crippen LogP contribution in [0.3, 0.4) is 0 Å². The number of rotatable bonds is 6. The molecule has 2 rings (SSSR count). The third-order valence-electron chi connectivity index (χ3n) is 3.05. The van der Waals surface area contributed by atoms with Gasteiger partial charge in [0, 0.05) is 44.1 Å². The molecule has 0 amide bonds. The van der Waals surface area contributed by atoms with Crippen LogP contribution in [-0.2, 0) is 13.1 Å². The lowest BCUT2D eigenvalue weighted by Crippen LogP contribution is -2.23. The number of nitrogens with zero attached hydrogens (tertiary/aromatic N) is 3. The van der Waals surface area contributed by atoms with Crippen LogP contribution in [0.25, 0.3) is 0 Å². The van der Waals surface area contributed by atoms with Crippen LogP contribution in [0.1, 0.15) is 17.5 Å². The molecule has 1 aromatic carbocycles. The van der Waals surface area contributed by atoms with Gasteiger partial charge in [0.05, 0.1) is 6.07 Å². The largest absolute Gasteiger partial charge is 0.399 e. The van der Waals surface area contributed by atoms with Crippen LogP contribution >= 0.6 is 0 Å². The topological polar surface area (TPSA) is 65.9 Å². The first-order valence-corrected chi connectivity index (χ1v) is 6.60. The van der Waals surface area contributed by atoms with E-state index in [4.69, 9.17) is 11.0 Å². The number of pyridine rings is 1. The van der Waals surface area contributed by atoms with E-state index in [0.29, 0.717) is 6.42 Å². The maximum atomic E-state index is 8.78. The number of aromatic nitrogens is 1. The third kappa shape index (κ3) is 4.38. The minimum Gasteiger partial charge on any atom is -0.399 e. The van der Waals surface area contributed by atoms with E-state index in [2.05, 4.69) is 22.0 Å². The SMILES string of the molecule is N#CCCN(Cc1ccc(N)cc1)Cc1cccnc1. The Kier molecular flexibility index (Phi) is 5.10. The van der Waals surface area contributed by atoms with Crippen molar-refractivity contribution in [1.82, 2.24) is 9.88 Å². The quantitative estimate of drug-likeness (QED) is 0.816. The highest BCUT2D eigenvalue weighted by atomic mass is 15.1. The molecule has 0 radical (unpaired) electrons. The summed E-state index contributed by atoms with van der Waals surface area (Å²) in [5, 5.41) is 8.78. The summed E-state index contributed by atoms with van der Waals surface area (Å²) in [5.74, 6) is 0. The van der Waals surface area contributed by atoms with E-state index in [1.165, 1.54) is 5.56 Å². The molecule has 0 bridgehead atoms. The van der Waals surface area contributed by atoms with E-state index in [-0.39, 0.29) is 0 Å². The van der Waals surface area contributed by atoms with Gasteiger partial charge in [0.2, 0.25) is 0 Å². The first-order chi connectivity index (χ1) is 9.78. The molecular weight excluding hydrogens is 248 g/mol. The molecule has 4 nitrogen and oxygen atoms in total. The Balaban J connectivity index is 2.03. The molecule has 0 fully saturated rings. The fourth-order valence-corrected chi connectivity index (χ4v) is 2.05. The molecule has 0 saturated heterocycles. The van der Waals surface area contributed by atoms with Crippen molar-refractivity contribution in [3.05, 3.63) is 59.9 Å². The normalized spacial score (nSPS) is 10.4. The minimum absolute atomic E-state index is 0.523. The van der Waals surface area contributed by atoms with Gasteiger partial charge in [-0.3, -0.25) is 9.88 Å². The molecule has 0 aliphatic heterocycles. The molecule has 1 heterocycles. The average molecular weight is 266 g/mol. The van der Waals surface area contributed by atoms with E-state index in [1.54, 1.807) is 6.20 Å². The molecule has 0 aliphatic rings. The first-order valence-electron chi connectivity index (χ1n) is 6.60. The van der Waals surface area contributed by atoms with Crippen LogP contribution in [0.2, 0.25) is 0 Å². The molecule has 0 aliphatic carbocycles. The van der Waals surface area contributed by atoms with Crippen molar-refractivity contribution >= 4 is 5.69 Å². The molecule has 102 valence electrons. The fourth-order valence-electron chi connectivity index (χ4n) is 2.05. The van der Waals surface area contributed by atoms with Crippen molar-refractivity contribution in [3.63, 3.8) is 0 Å². The molecule has 0 spiro atoms. The summed E-state index contributed by atoms with van der Waals surface area (Å²) in [4.78, 5) is 6.37. The average Bonchev–Trinajstić information content (AvgIpc) is 2.48. The number of hydrogen-bond donors (Lipinski definition) is 1. The van der Waals surface area contributed by atoms with E-state index < -0.39 is 0 Å². The van der Waals surface area contributed by atoms with E-state index in [1.807, 2.05) is 36.5 Å². The number of nitrogens with two attached hydrogens (primary N) is 1. The smallest absolute Gasteiger partial charge is 0.0635 e. The van der Waals surface area contributed by atoms with Crippen LogP contribution in [0.5, 0.6) is 0 Å². The maximum absolute atomic E-state index is 8.78. The van der Waals surface area contributed by atoms with Gasteiger partial charge >= 0.3 is 0 Å². The molecule has 4 heteroatoms. The molecule has 20 heavy (non-hydrogen) atoms. The minimum atomic E-state index is 0.523. The summed E-state index contributed by atoms with van der Waals surface area (Å²) in [7, 11) is 0. The van der Waals surface area contributed by atoms with Gasteiger partial charge in [-0.1, -0.05) is 18.2 Å². The lowest BCUT2D eigenvalue weighted by Gasteiger charge is -2.21. The van der Waals surface area contributed by atoms with Crippen LogP contribution < -0.4 is 5.73 Å². The highest BCUT2D eigenvalue weighted by Gasteiger charge is 2.07. The van der Waals surface area contributed by atoms with Crippen molar-refractivity contribution in [2.75, 3.05) is 12.3 Å². The Labute approximate surface area is 119 Å². The number of nitrogen functional groups attached to an aromatic ring is 1. The van der Waals surface area contributed by atoms with Crippen molar-refractivity contribution in [2.45, 2.75) is 19.5 Å². The predicted octanol–water partition coefficient (Wildman–Crippen LogP) is 2.58. The summed E-state index contributed by atoms with van der Waals surface area (Å²) < 4.78 is 0. The summed E-state index contributed by atoms with van der Waals surface area (Å²) in [6.45, 7) is 2.34. The first kappa shape index (κ1) is 14.0. The Morgan fingerprint density at radius 1 is 1.10 bits per heavy atom. The molecule has 1 aromatic heterocycles. The molecule has 0 saturated carbocycles. The molecule has 0 atom stereocenters. The standard InChI is InChI=1S/C16H18N4/c17-8-2-10-20(13-15-3-1-9-19-11-15)12-14-4-6-16(18)7-5-14/h1,3-7,9,11H,2,10,12-13,18H2. The zero-order chi connectivity index (χ0) is 14.2. The summed E-state index contributed by atoms with van der Waals surface area (Å²) in [6, 6.07) is 14.0. The van der Waals surface area contributed by atoms with Crippen LogP contribution in [-0.4, -0.2) is 16.4 Å². The van der Waals surface area contributed by atoms with Crippen LogP contribution in [0.4, 0.5) is 5.69 Å². The summed E-state index contributed by atoms with van der Waals surface area (Å²) >= 11 is 0. The Bertz CT molecular complexity index is 557. The second-order valence-electron chi connectivity index (χ2n) is 4.72. The van der Waals surface area contributed by atoms with Gasteiger partial charge in [0.25, 0.3) is 0 Å². The van der Waals surface area contributed by atoms with Crippen molar-refractivity contribution < 1.29 is 0 Å². The summed E-state index contributed by atoms with van der Waals surface area (Å²) in [5.41, 5.74) is 8.81. The molecule has 2 N–H and O–H groups in total. The van der Waals surface area contributed by atoms with E-state index >= 15 is 0 Å². The predicted molar refractivity (Wildman–Crippen MR) is 79.4 cm³/mol. The lowest BCUT2D eigenvalue weighted by atomic mass is 10.1. The van der Waals surface area contributed by atoms with Gasteiger partial charge in [-0.25, -0.2) is 0 Å². The number of anilines is 1. The van der Waals surface area contributed by atoms with Crippen molar-refractivity contribution in [3.8, 4) is 6.07 Å². The highest BCUT2D eigenvalue weighted by molar-refractivity contribution is 5.39. The molecule has 2 aromatic rings. The summed E-state index contributed by atoms with van der Waals surface area (Å²) in [6.07, 6.45) is 4.15. The van der Waals surface area contributed by atoms with E-state index in [0.717, 1.165) is 30.9 Å². The Morgan fingerprint density at radius 3 is 2.50 bits per heavy atom. The zero-order valence-electron chi connectivity index (χ0n) is 11.4. The van der Waals surface area contributed by atoms with Gasteiger partial charge in [-0.2, -0.15) is 5.26 Å². The molecule has 0 unspecified atom stereocenters. The highest BCUT2D eigenvalue weighted by Crippen LogP contribution is 2.11. The lowest BCUT2D eigenvalue weighted by molar-refractivity contribution is 0.262. The van der Waals surface area contributed by atoms with Crippen molar-refractivity contribution in [2.24, 2.45) is 0 Å². The number of hydrogen-bond acceptors (Lipinski definition) is 4. The monoisotopic (exact) mass is 266 g/mol. The third-order valence-corrected chi connectivity index (χ3v) is 3.05. The number of benzene rings is 1. The second kappa shape index (κ2) is 7.27. The Morgan fingerprint density at radius 2 is 1.85 bits per heavy atom.